The third-order valence-electron chi connectivity index (χ3n) is 5.14. The number of aromatic nitrogens is 2. The number of carbonyl (C=O) groups is 1. The van der Waals surface area contributed by atoms with Crippen molar-refractivity contribution in [2.45, 2.75) is 11.7 Å². The molecule has 0 saturated carbocycles. The van der Waals surface area contributed by atoms with Gasteiger partial charge in [0, 0.05) is 50.4 Å². The van der Waals surface area contributed by atoms with Crippen LogP contribution in [0.25, 0.3) is 10.2 Å². The number of rotatable bonds is 5. The first-order chi connectivity index (χ1) is 14.4. The van der Waals surface area contributed by atoms with Gasteiger partial charge < -0.3 is 4.90 Å². The summed E-state index contributed by atoms with van der Waals surface area (Å²) in [6, 6.07) is 6.50. The number of amides is 1. The number of piperazine rings is 1. The van der Waals surface area contributed by atoms with E-state index in [0.717, 1.165) is 0 Å². The van der Waals surface area contributed by atoms with Gasteiger partial charge in [-0.1, -0.05) is 29.4 Å². The Morgan fingerprint density at radius 2 is 2.03 bits per heavy atom. The molecule has 0 N–H and O–H groups in total. The van der Waals surface area contributed by atoms with Gasteiger partial charge >= 0.3 is 0 Å². The molecule has 0 spiro atoms. The number of carbonyl (C=O) groups excluding carboxylic acids is 1. The number of benzene rings is 1. The molecule has 1 saturated heterocycles. The molecule has 1 aliphatic rings. The maximum atomic E-state index is 14.0. The average Bonchev–Trinajstić information content (AvgIpc) is 3.21. The molecule has 0 atom stereocenters. The number of hydrogen-bond acceptors (Lipinski definition) is 6. The van der Waals surface area contributed by atoms with Gasteiger partial charge in [-0.15, -0.1) is 11.3 Å². The number of halogens is 2. The molecule has 0 aliphatic carbocycles. The Balaban J connectivity index is 1.33. The maximum absolute atomic E-state index is 14.0. The molecule has 6 nitrogen and oxygen atoms in total. The van der Waals surface area contributed by atoms with Crippen molar-refractivity contribution >= 4 is 50.8 Å². The zero-order chi connectivity index (χ0) is 21.3. The molecule has 158 valence electrons. The molecular weight excluding hydrogens is 447 g/mol. The summed E-state index contributed by atoms with van der Waals surface area (Å²) in [5, 5.41) is 2.80. The summed E-state index contributed by atoms with van der Waals surface area (Å²) in [5.41, 5.74) is 1.06. The molecule has 1 amide bonds. The highest BCUT2D eigenvalue weighted by Crippen LogP contribution is 2.23. The third-order valence-corrected chi connectivity index (χ3v) is 7.40. The highest BCUT2D eigenvalue weighted by molar-refractivity contribution is 7.99. The predicted molar refractivity (Wildman–Crippen MR) is 119 cm³/mol. The largest absolute Gasteiger partial charge is 0.339 e. The number of nitrogens with zero attached hydrogens (tertiary/aromatic N) is 4. The lowest BCUT2D eigenvalue weighted by Crippen LogP contribution is -2.49. The van der Waals surface area contributed by atoms with Crippen molar-refractivity contribution in [1.29, 1.82) is 0 Å². The SMILES string of the molecule is Cn1c(SCC(=O)N2CCN(Cc3c(F)cccc3Cl)CC2)nc2ccsc2c1=O. The number of fused-ring (bicyclic) bond motifs is 1. The predicted octanol–water partition coefficient (Wildman–Crippen LogP) is 3.22. The van der Waals surface area contributed by atoms with E-state index in [0.29, 0.717) is 58.7 Å². The van der Waals surface area contributed by atoms with E-state index in [-0.39, 0.29) is 23.0 Å². The smallest absolute Gasteiger partial charge is 0.271 e. The van der Waals surface area contributed by atoms with Crippen LogP contribution in [-0.2, 0) is 18.4 Å². The maximum Gasteiger partial charge on any atom is 0.271 e. The minimum atomic E-state index is -0.307. The Kier molecular flexibility index (Phi) is 6.43. The Hall–Kier alpha value is -1.94. The lowest BCUT2D eigenvalue weighted by molar-refractivity contribution is -0.130. The van der Waals surface area contributed by atoms with Crippen molar-refractivity contribution in [2.75, 3.05) is 31.9 Å². The lowest BCUT2D eigenvalue weighted by atomic mass is 10.2. The van der Waals surface area contributed by atoms with Gasteiger partial charge in [0.05, 0.1) is 11.3 Å². The Bertz CT molecular complexity index is 1120. The van der Waals surface area contributed by atoms with Gasteiger partial charge in [0.15, 0.2) is 5.16 Å². The number of hydrogen-bond donors (Lipinski definition) is 0. The van der Waals surface area contributed by atoms with Crippen molar-refractivity contribution in [3.63, 3.8) is 0 Å². The fraction of sp³-hybridized carbons (Fsp3) is 0.350. The second-order valence-electron chi connectivity index (χ2n) is 7.04. The molecule has 0 unspecified atom stereocenters. The van der Waals surface area contributed by atoms with Crippen LogP contribution in [0.4, 0.5) is 4.39 Å². The summed E-state index contributed by atoms with van der Waals surface area (Å²) >= 11 is 8.76. The first kappa shape index (κ1) is 21.3. The van der Waals surface area contributed by atoms with E-state index in [1.165, 1.54) is 33.7 Å². The highest BCUT2D eigenvalue weighted by atomic mass is 35.5. The molecule has 3 aromatic rings. The molecule has 1 aromatic carbocycles. The van der Waals surface area contributed by atoms with Crippen molar-refractivity contribution in [3.8, 4) is 0 Å². The highest BCUT2D eigenvalue weighted by Gasteiger charge is 2.23. The van der Waals surface area contributed by atoms with E-state index in [4.69, 9.17) is 11.6 Å². The number of thioether (sulfide) groups is 1. The van der Waals surface area contributed by atoms with E-state index >= 15 is 0 Å². The van der Waals surface area contributed by atoms with Crippen molar-refractivity contribution in [2.24, 2.45) is 7.05 Å². The van der Waals surface area contributed by atoms with Gasteiger partial charge in [0.2, 0.25) is 5.91 Å². The summed E-state index contributed by atoms with van der Waals surface area (Å²) in [7, 11) is 1.67. The van der Waals surface area contributed by atoms with Crippen molar-refractivity contribution in [1.82, 2.24) is 19.4 Å². The quantitative estimate of drug-likeness (QED) is 0.427. The second-order valence-corrected chi connectivity index (χ2v) is 9.31. The van der Waals surface area contributed by atoms with Gasteiger partial charge in [0.25, 0.3) is 5.56 Å². The molecule has 1 fully saturated rings. The van der Waals surface area contributed by atoms with Crippen LogP contribution < -0.4 is 5.56 Å². The summed E-state index contributed by atoms with van der Waals surface area (Å²) in [6.07, 6.45) is 0. The van der Waals surface area contributed by atoms with Crippen LogP contribution in [0.1, 0.15) is 5.56 Å². The van der Waals surface area contributed by atoms with Gasteiger partial charge in [-0.05, 0) is 23.6 Å². The topological polar surface area (TPSA) is 58.4 Å². The minimum Gasteiger partial charge on any atom is -0.339 e. The molecule has 4 rings (SSSR count). The second kappa shape index (κ2) is 9.05. The van der Waals surface area contributed by atoms with Crippen LogP contribution in [0.2, 0.25) is 5.02 Å². The number of thiophene rings is 1. The molecule has 10 heteroatoms. The van der Waals surface area contributed by atoms with Crippen LogP contribution in [0.15, 0.2) is 39.6 Å². The molecule has 3 heterocycles. The van der Waals surface area contributed by atoms with Gasteiger partial charge in [-0.2, -0.15) is 0 Å². The Labute approximate surface area is 186 Å². The van der Waals surface area contributed by atoms with Gasteiger partial charge in [-0.3, -0.25) is 19.1 Å². The zero-order valence-electron chi connectivity index (χ0n) is 16.3. The summed E-state index contributed by atoms with van der Waals surface area (Å²) < 4.78 is 16.1. The van der Waals surface area contributed by atoms with Crippen LogP contribution in [0.5, 0.6) is 0 Å². The fourth-order valence-electron chi connectivity index (χ4n) is 3.38. The van der Waals surface area contributed by atoms with E-state index in [1.54, 1.807) is 24.1 Å². The Morgan fingerprint density at radius 1 is 1.27 bits per heavy atom. The molecular formula is C20H20ClFN4O2S2. The normalized spacial score (nSPS) is 15.1. The van der Waals surface area contributed by atoms with E-state index in [2.05, 4.69) is 9.88 Å². The fourth-order valence-corrected chi connectivity index (χ4v) is 5.28. The van der Waals surface area contributed by atoms with Crippen molar-refractivity contribution < 1.29 is 9.18 Å². The van der Waals surface area contributed by atoms with Crippen molar-refractivity contribution in [3.05, 3.63) is 56.4 Å². The first-order valence-corrected chi connectivity index (χ1v) is 11.7. The molecule has 30 heavy (non-hydrogen) atoms. The van der Waals surface area contributed by atoms with Crippen LogP contribution in [-0.4, -0.2) is 57.2 Å². The van der Waals surface area contributed by atoms with Crippen LogP contribution >= 0.6 is 34.7 Å². The average molecular weight is 467 g/mol. The van der Waals surface area contributed by atoms with E-state index in [9.17, 15) is 14.0 Å². The lowest BCUT2D eigenvalue weighted by Gasteiger charge is -2.35. The molecule has 0 bridgehead atoms. The van der Waals surface area contributed by atoms with Crippen LogP contribution in [0.3, 0.4) is 0 Å². The summed E-state index contributed by atoms with van der Waals surface area (Å²) in [6.45, 7) is 2.87. The summed E-state index contributed by atoms with van der Waals surface area (Å²) in [4.78, 5) is 33.4. The standard InChI is InChI=1S/C20H20ClFN4O2S2/c1-24-19(28)18-16(5-10-29-18)23-20(24)30-12-17(27)26-8-6-25(7-9-26)11-13-14(21)3-2-4-15(13)22/h2-5,10H,6-9,11-12H2,1H3. The van der Waals surface area contributed by atoms with E-state index < -0.39 is 0 Å². The summed E-state index contributed by atoms with van der Waals surface area (Å²) in [5.74, 6) is -0.0870. The van der Waals surface area contributed by atoms with Gasteiger partial charge in [-0.25, -0.2) is 9.37 Å². The first-order valence-electron chi connectivity index (χ1n) is 9.44. The Morgan fingerprint density at radius 3 is 2.77 bits per heavy atom. The molecule has 1 aliphatic heterocycles. The molecule has 2 aromatic heterocycles. The zero-order valence-corrected chi connectivity index (χ0v) is 18.7. The minimum absolute atomic E-state index is 0.00300. The molecule has 0 radical (unpaired) electrons. The van der Waals surface area contributed by atoms with Crippen LogP contribution in [0, 0.1) is 5.82 Å². The van der Waals surface area contributed by atoms with E-state index in [1.807, 2.05) is 11.4 Å². The monoisotopic (exact) mass is 466 g/mol. The third kappa shape index (κ3) is 4.39. The van der Waals surface area contributed by atoms with Gasteiger partial charge in [0.1, 0.15) is 10.5 Å².